The van der Waals surface area contributed by atoms with Crippen LogP contribution in [-0.4, -0.2) is 5.54 Å². The SMILES string of the molecule is CC(C)(C)NCc1ccccc1C#N. The molecule has 14 heavy (non-hydrogen) atoms. The van der Waals surface area contributed by atoms with Crippen LogP contribution in [-0.2, 0) is 6.54 Å². The summed E-state index contributed by atoms with van der Waals surface area (Å²) >= 11 is 0. The average molecular weight is 188 g/mol. The van der Waals surface area contributed by atoms with Crippen molar-refractivity contribution in [2.45, 2.75) is 32.9 Å². The highest BCUT2D eigenvalue weighted by Gasteiger charge is 2.09. The number of nitriles is 1. The van der Waals surface area contributed by atoms with Crippen LogP contribution in [0.5, 0.6) is 0 Å². The third-order valence-electron chi connectivity index (χ3n) is 1.95. The normalized spacial score (nSPS) is 11.0. The second-order valence-corrected chi connectivity index (χ2v) is 4.37. The molecule has 0 saturated carbocycles. The Balaban J connectivity index is 2.73. The van der Waals surface area contributed by atoms with Gasteiger partial charge in [0, 0.05) is 12.1 Å². The minimum Gasteiger partial charge on any atom is -0.308 e. The highest BCUT2D eigenvalue weighted by Crippen LogP contribution is 2.09. The van der Waals surface area contributed by atoms with Gasteiger partial charge in [0.2, 0.25) is 0 Å². The zero-order chi connectivity index (χ0) is 10.6. The first kappa shape index (κ1) is 10.7. The van der Waals surface area contributed by atoms with Gasteiger partial charge in [0.25, 0.3) is 0 Å². The van der Waals surface area contributed by atoms with E-state index < -0.39 is 0 Å². The summed E-state index contributed by atoms with van der Waals surface area (Å²) in [6, 6.07) is 9.87. The van der Waals surface area contributed by atoms with Crippen LogP contribution in [0.25, 0.3) is 0 Å². The maximum absolute atomic E-state index is 8.87. The predicted octanol–water partition coefficient (Wildman–Crippen LogP) is 2.45. The minimum atomic E-state index is 0.0859. The summed E-state index contributed by atoms with van der Waals surface area (Å²) in [5, 5.41) is 12.2. The summed E-state index contributed by atoms with van der Waals surface area (Å²) in [5.74, 6) is 0. The van der Waals surface area contributed by atoms with E-state index in [1.54, 1.807) is 0 Å². The summed E-state index contributed by atoms with van der Waals surface area (Å²) in [6.07, 6.45) is 0. The van der Waals surface area contributed by atoms with Crippen LogP contribution >= 0.6 is 0 Å². The van der Waals surface area contributed by atoms with Crippen molar-refractivity contribution in [1.82, 2.24) is 5.32 Å². The lowest BCUT2D eigenvalue weighted by Gasteiger charge is -2.20. The van der Waals surface area contributed by atoms with E-state index in [-0.39, 0.29) is 5.54 Å². The molecule has 0 atom stereocenters. The van der Waals surface area contributed by atoms with Crippen LogP contribution in [0.1, 0.15) is 31.9 Å². The van der Waals surface area contributed by atoms with Gasteiger partial charge >= 0.3 is 0 Å². The Morgan fingerprint density at radius 3 is 2.50 bits per heavy atom. The predicted molar refractivity (Wildman–Crippen MR) is 57.7 cm³/mol. The monoisotopic (exact) mass is 188 g/mol. The number of benzene rings is 1. The molecule has 0 aliphatic heterocycles. The minimum absolute atomic E-state index is 0.0859. The van der Waals surface area contributed by atoms with E-state index in [4.69, 9.17) is 5.26 Å². The molecule has 0 amide bonds. The lowest BCUT2D eigenvalue weighted by atomic mass is 10.1. The van der Waals surface area contributed by atoms with E-state index in [0.29, 0.717) is 0 Å². The first-order chi connectivity index (χ1) is 6.53. The van der Waals surface area contributed by atoms with Gasteiger partial charge in [-0.3, -0.25) is 0 Å². The van der Waals surface area contributed by atoms with E-state index in [1.807, 2.05) is 24.3 Å². The standard InChI is InChI=1S/C12H16N2/c1-12(2,3)14-9-11-7-5-4-6-10(11)8-13/h4-7,14H,9H2,1-3H3. The van der Waals surface area contributed by atoms with Crippen LogP contribution in [0, 0.1) is 11.3 Å². The molecule has 0 fully saturated rings. The Bertz CT molecular complexity index is 342. The molecular formula is C12H16N2. The summed E-state index contributed by atoms with van der Waals surface area (Å²) in [6.45, 7) is 7.08. The molecule has 74 valence electrons. The molecule has 0 bridgehead atoms. The second kappa shape index (κ2) is 4.26. The Morgan fingerprint density at radius 2 is 1.93 bits per heavy atom. The molecule has 0 spiro atoms. The van der Waals surface area contributed by atoms with Gasteiger partial charge in [-0.2, -0.15) is 5.26 Å². The molecule has 0 unspecified atom stereocenters. The zero-order valence-corrected chi connectivity index (χ0v) is 8.96. The fourth-order valence-electron chi connectivity index (χ4n) is 1.14. The van der Waals surface area contributed by atoms with Gasteiger partial charge in [-0.05, 0) is 32.4 Å². The van der Waals surface area contributed by atoms with Gasteiger partial charge in [-0.1, -0.05) is 18.2 Å². The lowest BCUT2D eigenvalue weighted by Crippen LogP contribution is -2.35. The van der Waals surface area contributed by atoms with E-state index in [2.05, 4.69) is 32.2 Å². The van der Waals surface area contributed by atoms with Crippen LogP contribution in [0.3, 0.4) is 0 Å². The van der Waals surface area contributed by atoms with Crippen molar-refractivity contribution in [2.24, 2.45) is 0 Å². The molecular weight excluding hydrogens is 172 g/mol. The highest BCUT2D eigenvalue weighted by molar-refractivity contribution is 5.37. The molecule has 2 nitrogen and oxygen atoms in total. The maximum atomic E-state index is 8.87. The van der Waals surface area contributed by atoms with Crippen molar-refractivity contribution < 1.29 is 0 Å². The summed E-state index contributed by atoms with van der Waals surface area (Å²) < 4.78 is 0. The van der Waals surface area contributed by atoms with Gasteiger partial charge in [0.05, 0.1) is 11.6 Å². The molecule has 0 heterocycles. The van der Waals surface area contributed by atoms with Crippen LogP contribution in [0.4, 0.5) is 0 Å². The number of rotatable bonds is 2. The molecule has 1 N–H and O–H groups in total. The molecule has 0 aliphatic rings. The molecule has 0 saturated heterocycles. The third kappa shape index (κ3) is 3.20. The van der Waals surface area contributed by atoms with Crippen LogP contribution in [0.2, 0.25) is 0 Å². The Labute approximate surface area is 85.6 Å². The quantitative estimate of drug-likeness (QED) is 0.773. The Hall–Kier alpha value is -1.33. The van der Waals surface area contributed by atoms with E-state index in [1.165, 1.54) is 0 Å². The first-order valence-electron chi connectivity index (χ1n) is 4.76. The van der Waals surface area contributed by atoms with Crippen molar-refractivity contribution in [1.29, 1.82) is 5.26 Å². The highest BCUT2D eigenvalue weighted by atomic mass is 14.9. The van der Waals surface area contributed by atoms with Gasteiger partial charge in [0.1, 0.15) is 0 Å². The molecule has 1 rings (SSSR count). The maximum Gasteiger partial charge on any atom is 0.0995 e. The number of nitrogens with zero attached hydrogens (tertiary/aromatic N) is 1. The topological polar surface area (TPSA) is 35.8 Å². The molecule has 2 heteroatoms. The Kier molecular flexibility index (Phi) is 3.27. The van der Waals surface area contributed by atoms with E-state index in [0.717, 1.165) is 17.7 Å². The summed E-state index contributed by atoms with van der Waals surface area (Å²) in [5.41, 5.74) is 1.90. The van der Waals surface area contributed by atoms with Crippen LogP contribution < -0.4 is 5.32 Å². The molecule has 0 aliphatic carbocycles. The van der Waals surface area contributed by atoms with Gasteiger partial charge in [-0.15, -0.1) is 0 Å². The largest absolute Gasteiger partial charge is 0.308 e. The van der Waals surface area contributed by atoms with E-state index in [9.17, 15) is 0 Å². The number of hydrogen-bond acceptors (Lipinski definition) is 2. The van der Waals surface area contributed by atoms with Crippen molar-refractivity contribution >= 4 is 0 Å². The lowest BCUT2D eigenvalue weighted by molar-refractivity contribution is 0.424. The molecule has 1 aromatic carbocycles. The van der Waals surface area contributed by atoms with Crippen molar-refractivity contribution in [3.63, 3.8) is 0 Å². The second-order valence-electron chi connectivity index (χ2n) is 4.37. The fourth-order valence-corrected chi connectivity index (χ4v) is 1.14. The fraction of sp³-hybridized carbons (Fsp3) is 0.417. The van der Waals surface area contributed by atoms with E-state index >= 15 is 0 Å². The summed E-state index contributed by atoms with van der Waals surface area (Å²) in [7, 11) is 0. The van der Waals surface area contributed by atoms with Crippen molar-refractivity contribution in [2.75, 3.05) is 0 Å². The molecule has 0 radical (unpaired) electrons. The van der Waals surface area contributed by atoms with Gasteiger partial charge < -0.3 is 5.32 Å². The van der Waals surface area contributed by atoms with Crippen molar-refractivity contribution in [3.05, 3.63) is 35.4 Å². The average Bonchev–Trinajstić information content (AvgIpc) is 2.14. The number of hydrogen-bond donors (Lipinski definition) is 1. The zero-order valence-electron chi connectivity index (χ0n) is 8.96. The third-order valence-corrected chi connectivity index (χ3v) is 1.95. The Morgan fingerprint density at radius 1 is 1.29 bits per heavy atom. The van der Waals surface area contributed by atoms with Crippen LogP contribution in [0.15, 0.2) is 24.3 Å². The van der Waals surface area contributed by atoms with Crippen molar-refractivity contribution in [3.8, 4) is 6.07 Å². The number of nitrogens with one attached hydrogen (secondary N) is 1. The smallest absolute Gasteiger partial charge is 0.0995 e. The molecule has 0 aromatic heterocycles. The van der Waals surface area contributed by atoms with Gasteiger partial charge in [-0.25, -0.2) is 0 Å². The first-order valence-corrected chi connectivity index (χ1v) is 4.76. The van der Waals surface area contributed by atoms with Gasteiger partial charge in [0.15, 0.2) is 0 Å². The summed E-state index contributed by atoms with van der Waals surface area (Å²) in [4.78, 5) is 0. The molecule has 1 aromatic rings.